The fourth-order valence-electron chi connectivity index (χ4n) is 2.74. The van der Waals surface area contributed by atoms with Gasteiger partial charge in [0, 0.05) is 0 Å². The number of aliphatic hydroxyl groups is 1. The van der Waals surface area contributed by atoms with Gasteiger partial charge >= 0.3 is 0 Å². The van der Waals surface area contributed by atoms with Crippen LogP contribution in [-0.2, 0) is 12.0 Å². The van der Waals surface area contributed by atoms with Gasteiger partial charge in [-0.05, 0) is 42.5 Å². The number of aryl methyl sites for hydroxylation is 1. The smallest absolute Gasteiger partial charge is 0.119 e. The van der Waals surface area contributed by atoms with Crippen LogP contribution in [0.4, 0.5) is 0 Å². The molecule has 0 radical (unpaired) electrons. The fraction of sp³-hybridized carbons (Fsp3) is 0.600. The van der Waals surface area contributed by atoms with Crippen LogP contribution in [0.15, 0.2) is 18.2 Å². The monoisotopic (exact) mass is 234 g/mol. The molecule has 0 spiro atoms. The van der Waals surface area contributed by atoms with Gasteiger partial charge in [-0.25, -0.2) is 0 Å². The highest BCUT2D eigenvalue weighted by atomic mass is 16.5. The summed E-state index contributed by atoms with van der Waals surface area (Å²) in [6.07, 6.45) is 6.22. The van der Waals surface area contributed by atoms with Crippen molar-refractivity contribution in [2.45, 2.75) is 51.0 Å². The molecule has 17 heavy (non-hydrogen) atoms. The van der Waals surface area contributed by atoms with Crippen LogP contribution in [0.5, 0.6) is 5.75 Å². The molecule has 1 aliphatic carbocycles. The molecule has 1 N–H and O–H groups in total. The molecule has 0 heterocycles. The molecule has 2 heteroatoms. The molecule has 0 fully saturated rings. The van der Waals surface area contributed by atoms with Gasteiger partial charge in [0.15, 0.2) is 0 Å². The van der Waals surface area contributed by atoms with E-state index in [4.69, 9.17) is 4.74 Å². The van der Waals surface area contributed by atoms with Crippen molar-refractivity contribution in [3.05, 3.63) is 29.3 Å². The second kappa shape index (κ2) is 5.09. The van der Waals surface area contributed by atoms with E-state index in [0.717, 1.165) is 37.0 Å². The molecule has 94 valence electrons. The quantitative estimate of drug-likeness (QED) is 0.791. The molecule has 0 aliphatic heterocycles. The SMILES string of the molecule is CCCCCC1(O)CCc2ccc(OC)cc21. The number of methoxy groups -OCH3 is 1. The lowest BCUT2D eigenvalue weighted by molar-refractivity contribution is 0.0267. The Hall–Kier alpha value is -1.02. The number of hydrogen-bond acceptors (Lipinski definition) is 2. The third-order valence-electron chi connectivity index (χ3n) is 3.82. The van der Waals surface area contributed by atoms with Crippen LogP contribution in [0, 0.1) is 0 Å². The minimum Gasteiger partial charge on any atom is -0.497 e. The van der Waals surface area contributed by atoms with E-state index in [2.05, 4.69) is 13.0 Å². The Morgan fingerprint density at radius 2 is 2.18 bits per heavy atom. The Kier molecular flexibility index (Phi) is 3.72. The molecule has 1 aromatic rings. The number of fused-ring (bicyclic) bond motifs is 1. The highest BCUT2D eigenvalue weighted by molar-refractivity contribution is 5.42. The summed E-state index contributed by atoms with van der Waals surface area (Å²) >= 11 is 0. The lowest BCUT2D eigenvalue weighted by Gasteiger charge is -2.24. The highest BCUT2D eigenvalue weighted by Crippen LogP contribution is 2.41. The molecule has 0 bridgehead atoms. The van der Waals surface area contributed by atoms with Crippen LogP contribution in [0.2, 0.25) is 0 Å². The number of hydrogen-bond donors (Lipinski definition) is 1. The Labute approximate surface area is 104 Å². The summed E-state index contributed by atoms with van der Waals surface area (Å²) in [4.78, 5) is 0. The molecular weight excluding hydrogens is 212 g/mol. The predicted octanol–water partition coefficient (Wildman–Crippen LogP) is 3.41. The Morgan fingerprint density at radius 3 is 2.88 bits per heavy atom. The maximum atomic E-state index is 10.7. The van der Waals surface area contributed by atoms with Crippen molar-refractivity contribution in [2.24, 2.45) is 0 Å². The third-order valence-corrected chi connectivity index (χ3v) is 3.82. The number of rotatable bonds is 5. The molecule has 1 unspecified atom stereocenters. The third kappa shape index (κ3) is 2.47. The molecule has 1 atom stereocenters. The van der Waals surface area contributed by atoms with Crippen molar-refractivity contribution in [2.75, 3.05) is 7.11 Å². The molecule has 0 saturated carbocycles. The zero-order valence-corrected chi connectivity index (χ0v) is 10.8. The fourth-order valence-corrected chi connectivity index (χ4v) is 2.74. The molecule has 0 saturated heterocycles. The summed E-state index contributed by atoms with van der Waals surface area (Å²) in [6, 6.07) is 6.08. The van der Waals surface area contributed by atoms with Gasteiger partial charge in [-0.3, -0.25) is 0 Å². The van der Waals surface area contributed by atoms with Crippen LogP contribution in [0.1, 0.15) is 50.2 Å². The topological polar surface area (TPSA) is 29.5 Å². The maximum Gasteiger partial charge on any atom is 0.119 e. The lowest BCUT2D eigenvalue weighted by atomic mass is 9.90. The lowest BCUT2D eigenvalue weighted by Crippen LogP contribution is -2.22. The summed E-state index contributed by atoms with van der Waals surface area (Å²) in [5.74, 6) is 0.847. The number of ether oxygens (including phenoxy) is 1. The molecule has 0 amide bonds. The first-order valence-corrected chi connectivity index (χ1v) is 6.59. The van der Waals surface area contributed by atoms with Gasteiger partial charge < -0.3 is 9.84 Å². The predicted molar refractivity (Wildman–Crippen MR) is 69.4 cm³/mol. The first kappa shape index (κ1) is 12.4. The van der Waals surface area contributed by atoms with Gasteiger partial charge in [-0.1, -0.05) is 32.3 Å². The summed E-state index contributed by atoms with van der Waals surface area (Å²) in [5, 5.41) is 10.7. The summed E-state index contributed by atoms with van der Waals surface area (Å²) < 4.78 is 5.25. The first-order valence-electron chi connectivity index (χ1n) is 6.59. The molecule has 2 nitrogen and oxygen atoms in total. The van der Waals surface area contributed by atoms with Crippen molar-refractivity contribution < 1.29 is 9.84 Å². The van der Waals surface area contributed by atoms with Gasteiger partial charge in [0.05, 0.1) is 12.7 Å². The summed E-state index contributed by atoms with van der Waals surface area (Å²) in [5.41, 5.74) is 1.76. The Morgan fingerprint density at radius 1 is 1.35 bits per heavy atom. The zero-order chi connectivity index (χ0) is 12.3. The molecule has 1 aromatic carbocycles. The van der Waals surface area contributed by atoms with Crippen molar-refractivity contribution >= 4 is 0 Å². The van der Waals surface area contributed by atoms with Crippen LogP contribution in [-0.4, -0.2) is 12.2 Å². The van der Waals surface area contributed by atoms with Crippen LogP contribution in [0.25, 0.3) is 0 Å². The van der Waals surface area contributed by atoms with E-state index in [9.17, 15) is 5.11 Å². The van der Waals surface area contributed by atoms with Crippen LogP contribution < -0.4 is 4.74 Å². The van der Waals surface area contributed by atoms with E-state index in [-0.39, 0.29) is 0 Å². The van der Waals surface area contributed by atoms with Gasteiger partial charge in [0.1, 0.15) is 5.75 Å². The second-order valence-electron chi connectivity index (χ2n) is 5.01. The van der Waals surface area contributed by atoms with Crippen molar-refractivity contribution in [1.29, 1.82) is 0 Å². The highest BCUT2D eigenvalue weighted by Gasteiger charge is 2.36. The Balaban J connectivity index is 2.18. The maximum absolute atomic E-state index is 10.7. The average molecular weight is 234 g/mol. The van der Waals surface area contributed by atoms with Crippen LogP contribution >= 0.6 is 0 Å². The first-order chi connectivity index (χ1) is 8.19. The normalized spacial score (nSPS) is 22.5. The van der Waals surface area contributed by atoms with Gasteiger partial charge in [0.25, 0.3) is 0 Å². The largest absolute Gasteiger partial charge is 0.497 e. The summed E-state index contributed by atoms with van der Waals surface area (Å²) in [6.45, 7) is 2.19. The number of benzene rings is 1. The van der Waals surface area contributed by atoms with E-state index in [1.807, 2.05) is 12.1 Å². The molecule has 2 rings (SSSR count). The molecule has 0 aromatic heterocycles. The second-order valence-corrected chi connectivity index (χ2v) is 5.01. The van der Waals surface area contributed by atoms with Crippen LogP contribution in [0.3, 0.4) is 0 Å². The van der Waals surface area contributed by atoms with Crippen molar-refractivity contribution in [1.82, 2.24) is 0 Å². The van der Waals surface area contributed by atoms with Crippen molar-refractivity contribution in [3.8, 4) is 5.75 Å². The van der Waals surface area contributed by atoms with E-state index in [1.165, 1.54) is 18.4 Å². The van der Waals surface area contributed by atoms with E-state index in [0.29, 0.717) is 0 Å². The Bertz CT molecular complexity index is 387. The van der Waals surface area contributed by atoms with E-state index >= 15 is 0 Å². The van der Waals surface area contributed by atoms with Crippen molar-refractivity contribution in [3.63, 3.8) is 0 Å². The minimum atomic E-state index is -0.612. The average Bonchev–Trinajstić information content (AvgIpc) is 2.67. The standard InChI is InChI=1S/C15H22O2/c1-3-4-5-9-15(16)10-8-12-6-7-13(17-2)11-14(12)15/h6-7,11,16H,3-5,8-10H2,1-2H3. The van der Waals surface area contributed by atoms with Gasteiger partial charge in [0.2, 0.25) is 0 Å². The minimum absolute atomic E-state index is 0.612. The number of unbranched alkanes of at least 4 members (excludes halogenated alkanes) is 2. The van der Waals surface area contributed by atoms with E-state index < -0.39 is 5.60 Å². The van der Waals surface area contributed by atoms with E-state index in [1.54, 1.807) is 7.11 Å². The van der Waals surface area contributed by atoms with Gasteiger partial charge in [-0.2, -0.15) is 0 Å². The van der Waals surface area contributed by atoms with Gasteiger partial charge in [-0.15, -0.1) is 0 Å². The summed E-state index contributed by atoms with van der Waals surface area (Å²) in [7, 11) is 1.67. The molecule has 1 aliphatic rings. The molecular formula is C15H22O2. The zero-order valence-electron chi connectivity index (χ0n) is 10.8.